The van der Waals surface area contributed by atoms with Gasteiger partial charge >= 0.3 is 4.87 Å². The van der Waals surface area contributed by atoms with Crippen molar-refractivity contribution < 1.29 is 4.79 Å². The molecule has 3 rings (SSSR count). The summed E-state index contributed by atoms with van der Waals surface area (Å²) in [5.41, 5.74) is 2.45. The standard InChI is InChI=1S/C18H16N2O2S/c1-13-16(23-18(22)19-13)17(21)20(15-10-6-3-7-11-15)12-14-8-4-2-5-9-14/h2-11H,12H2,1H3,(H,19,22). The number of aryl methyl sites for hydroxylation is 1. The lowest BCUT2D eigenvalue weighted by molar-refractivity contribution is 0.0988. The van der Waals surface area contributed by atoms with Crippen LogP contribution in [0.3, 0.4) is 0 Å². The summed E-state index contributed by atoms with van der Waals surface area (Å²) in [5.74, 6) is -0.166. The number of H-pyrrole nitrogens is 1. The maximum atomic E-state index is 13.0. The molecule has 2 aromatic carbocycles. The fourth-order valence-electron chi connectivity index (χ4n) is 2.39. The predicted molar refractivity (Wildman–Crippen MR) is 93.1 cm³/mol. The van der Waals surface area contributed by atoms with E-state index in [4.69, 9.17) is 0 Å². The Morgan fingerprint density at radius 3 is 2.22 bits per heavy atom. The van der Waals surface area contributed by atoms with Gasteiger partial charge in [0.1, 0.15) is 4.88 Å². The minimum atomic E-state index is -0.210. The topological polar surface area (TPSA) is 53.2 Å². The first-order chi connectivity index (χ1) is 11.1. The smallest absolute Gasteiger partial charge is 0.305 e. The Morgan fingerprint density at radius 1 is 1.04 bits per heavy atom. The van der Waals surface area contributed by atoms with Crippen molar-refractivity contribution in [2.24, 2.45) is 0 Å². The molecular weight excluding hydrogens is 308 g/mol. The predicted octanol–water partition coefficient (Wildman–Crippen LogP) is 3.59. The minimum Gasteiger partial charge on any atom is -0.316 e. The number of benzene rings is 2. The molecule has 0 atom stereocenters. The molecule has 3 aromatic rings. The molecule has 0 saturated carbocycles. The van der Waals surface area contributed by atoms with Crippen LogP contribution in [0.4, 0.5) is 5.69 Å². The molecule has 1 aromatic heterocycles. The van der Waals surface area contributed by atoms with Crippen LogP contribution in [0.2, 0.25) is 0 Å². The van der Waals surface area contributed by atoms with Crippen LogP contribution in [0.25, 0.3) is 0 Å². The van der Waals surface area contributed by atoms with Crippen molar-refractivity contribution in [3.63, 3.8) is 0 Å². The van der Waals surface area contributed by atoms with E-state index in [1.165, 1.54) is 0 Å². The first-order valence-corrected chi connectivity index (χ1v) is 8.07. The highest BCUT2D eigenvalue weighted by atomic mass is 32.1. The van der Waals surface area contributed by atoms with Crippen LogP contribution in [-0.4, -0.2) is 10.9 Å². The Hall–Kier alpha value is -2.66. The Bertz CT molecular complexity index is 853. The number of rotatable bonds is 4. The molecule has 0 aliphatic carbocycles. The monoisotopic (exact) mass is 324 g/mol. The molecule has 0 bridgehead atoms. The largest absolute Gasteiger partial charge is 0.316 e. The van der Waals surface area contributed by atoms with Gasteiger partial charge in [0.05, 0.1) is 6.54 Å². The second-order valence-electron chi connectivity index (χ2n) is 5.18. The number of anilines is 1. The lowest BCUT2D eigenvalue weighted by atomic mass is 10.2. The van der Waals surface area contributed by atoms with Gasteiger partial charge in [0.15, 0.2) is 0 Å². The van der Waals surface area contributed by atoms with Crippen LogP contribution in [0.5, 0.6) is 0 Å². The number of thiazole rings is 1. The van der Waals surface area contributed by atoms with Crippen molar-refractivity contribution in [1.82, 2.24) is 4.98 Å². The SMILES string of the molecule is Cc1[nH]c(=O)sc1C(=O)N(Cc1ccccc1)c1ccccc1. The van der Waals surface area contributed by atoms with Crippen molar-refractivity contribution >= 4 is 22.9 Å². The molecule has 0 radical (unpaired) electrons. The van der Waals surface area contributed by atoms with Gasteiger partial charge in [-0.2, -0.15) is 0 Å². The molecule has 0 aliphatic rings. The molecule has 1 N–H and O–H groups in total. The Kier molecular flexibility index (Phi) is 4.39. The summed E-state index contributed by atoms with van der Waals surface area (Å²) in [7, 11) is 0. The van der Waals surface area contributed by atoms with E-state index in [1.54, 1.807) is 11.8 Å². The van der Waals surface area contributed by atoms with E-state index in [2.05, 4.69) is 4.98 Å². The number of carbonyl (C=O) groups is 1. The summed E-state index contributed by atoms with van der Waals surface area (Å²) in [6.07, 6.45) is 0. The highest BCUT2D eigenvalue weighted by molar-refractivity contribution is 7.11. The van der Waals surface area contributed by atoms with Crippen molar-refractivity contribution in [2.45, 2.75) is 13.5 Å². The van der Waals surface area contributed by atoms with Gasteiger partial charge in [-0.05, 0) is 24.6 Å². The lowest BCUT2D eigenvalue weighted by Crippen LogP contribution is -2.30. The average molecular weight is 324 g/mol. The maximum absolute atomic E-state index is 13.0. The van der Waals surface area contributed by atoms with Crippen LogP contribution >= 0.6 is 11.3 Å². The summed E-state index contributed by atoms with van der Waals surface area (Å²) in [6.45, 7) is 2.20. The van der Waals surface area contributed by atoms with E-state index < -0.39 is 0 Å². The Balaban J connectivity index is 2.00. The number of carbonyl (C=O) groups excluding carboxylic acids is 1. The zero-order valence-corrected chi connectivity index (χ0v) is 13.5. The van der Waals surface area contributed by atoms with Crippen LogP contribution in [-0.2, 0) is 6.54 Å². The molecule has 1 amide bonds. The van der Waals surface area contributed by atoms with Gasteiger partial charge in [0.2, 0.25) is 0 Å². The van der Waals surface area contributed by atoms with Gasteiger partial charge in [-0.25, -0.2) is 0 Å². The van der Waals surface area contributed by atoms with Gasteiger partial charge in [-0.15, -0.1) is 0 Å². The minimum absolute atomic E-state index is 0.166. The molecule has 116 valence electrons. The average Bonchev–Trinajstić information content (AvgIpc) is 2.92. The third-order valence-electron chi connectivity index (χ3n) is 3.52. The van der Waals surface area contributed by atoms with Gasteiger partial charge in [0.25, 0.3) is 5.91 Å². The number of hydrogen-bond acceptors (Lipinski definition) is 3. The van der Waals surface area contributed by atoms with E-state index in [0.29, 0.717) is 17.1 Å². The summed E-state index contributed by atoms with van der Waals surface area (Å²) < 4.78 is 0. The second kappa shape index (κ2) is 6.62. The number of hydrogen-bond donors (Lipinski definition) is 1. The summed E-state index contributed by atoms with van der Waals surface area (Å²) in [4.78, 5) is 29.1. The van der Waals surface area contributed by atoms with Gasteiger partial charge in [-0.3, -0.25) is 9.59 Å². The van der Waals surface area contributed by atoms with Crippen molar-refractivity contribution in [3.8, 4) is 0 Å². The molecule has 0 spiro atoms. The molecule has 0 unspecified atom stereocenters. The van der Waals surface area contributed by atoms with Crippen molar-refractivity contribution in [2.75, 3.05) is 4.90 Å². The number of nitrogens with one attached hydrogen (secondary N) is 1. The normalized spacial score (nSPS) is 10.5. The molecule has 23 heavy (non-hydrogen) atoms. The third-order valence-corrected chi connectivity index (χ3v) is 4.49. The fourth-order valence-corrected chi connectivity index (χ4v) is 3.18. The summed E-state index contributed by atoms with van der Waals surface area (Å²) >= 11 is 0.954. The van der Waals surface area contributed by atoms with Crippen LogP contribution in [0.1, 0.15) is 20.9 Å². The van der Waals surface area contributed by atoms with Crippen molar-refractivity contribution in [3.05, 3.63) is 86.5 Å². The van der Waals surface area contributed by atoms with Crippen LogP contribution < -0.4 is 9.77 Å². The number of nitrogens with zero attached hydrogens (tertiary/aromatic N) is 1. The van der Waals surface area contributed by atoms with Crippen molar-refractivity contribution in [1.29, 1.82) is 0 Å². The highest BCUT2D eigenvalue weighted by Crippen LogP contribution is 2.22. The molecule has 0 aliphatic heterocycles. The highest BCUT2D eigenvalue weighted by Gasteiger charge is 2.22. The third kappa shape index (κ3) is 3.40. The fraction of sp³-hybridized carbons (Fsp3) is 0.111. The second-order valence-corrected chi connectivity index (χ2v) is 6.16. The molecule has 4 nitrogen and oxygen atoms in total. The van der Waals surface area contributed by atoms with E-state index in [-0.39, 0.29) is 10.8 Å². The Labute approximate surface area is 138 Å². The van der Waals surface area contributed by atoms with Crippen LogP contribution in [0, 0.1) is 6.92 Å². The molecular formula is C18H16N2O2S. The molecule has 5 heteroatoms. The van der Waals surface area contributed by atoms with Gasteiger partial charge in [-0.1, -0.05) is 59.9 Å². The van der Waals surface area contributed by atoms with Gasteiger partial charge in [0, 0.05) is 11.4 Å². The molecule has 1 heterocycles. The van der Waals surface area contributed by atoms with E-state index in [9.17, 15) is 9.59 Å². The summed E-state index contributed by atoms with van der Waals surface area (Å²) in [5, 5.41) is 0. The quantitative estimate of drug-likeness (QED) is 0.797. The molecule has 0 fully saturated rings. The summed E-state index contributed by atoms with van der Waals surface area (Å²) in [6, 6.07) is 19.3. The molecule has 0 saturated heterocycles. The number of amides is 1. The number of aromatic amines is 1. The maximum Gasteiger partial charge on any atom is 0.305 e. The zero-order valence-electron chi connectivity index (χ0n) is 12.7. The number of para-hydroxylation sites is 1. The first kappa shape index (κ1) is 15.2. The van der Waals surface area contributed by atoms with Crippen LogP contribution in [0.15, 0.2) is 65.5 Å². The van der Waals surface area contributed by atoms with Gasteiger partial charge < -0.3 is 9.88 Å². The van der Waals surface area contributed by atoms with E-state index >= 15 is 0 Å². The number of aromatic nitrogens is 1. The zero-order chi connectivity index (χ0) is 16.2. The first-order valence-electron chi connectivity index (χ1n) is 7.25. The Morgan fingerprint density at radius 2 is 1.65 bits per heavy atom. The lowest BCUT2D eigenvalue weighted by Gasteiger charge is -2.22. The van der Waals surface area contributed by atoms with E-state index in [0.717, 1.165) is 22.6 Å². The van der Waals surface area contributed by atoms with E-state index in [1.807, 2.05) is 60.7 Å².